The number of hydrazone groups is 1. The van der Waals surface area contributed by atoms with Gasteiger partial charge in [0.15, 0.2) is 5.69 Å². The largest absolute Gasteiger partial charge is 0.292 e. The second kappa shape index (κ2) is 10.2. The Morgan fingerprint density at radius 2 is 1.76 bits per heavy atom. The lowest BCUT2D eigenvalue weighted by atomic mass is 10.1. The minimum absolute atomic E-state index is 0.127. The third-order valence-corrected chi connectivity index (χ3v) is 5.88. The number of nitrogens with one attached hydrogen (secondary N) is 1. The molecule has 4 rings (SSSR count). The zero-order valence-electron chi connectivity index (χ0n) is 18.6. The standard InChI is InChI=1S/C24H22Cl2N6O2/c1-3-12-31-24(34)19-7-5-4-6-18(19)21(30-31)23(33)28-27-13-20-15(2)29-32(22(20)26)14-16-8-10-17(25)11-9-16/h4-11,13H,3,12,14H2,1-2H3,(H,28,33)/b27-13+. The summed E-state index contributed by atoms with van der Waals surface area (Å²) in [6.07, 6.45) is 2.16. The number of benzene rings is 2. The van der Waals surface area contributed by atoms with Crippen LogP contribution < -0.4 is 11.0 Å². The van der Waals surface area contributed by atoms with E-state index in [4.69, 9.17) is 23.2 Å². The van der Waals surface area contributed by atoms with Crippen LogP contribution in [-0.2, 0) is 13.1 Å². The van der Waals surface area contributed by atoms with Gasteiger partial charge < -0.3 is 0 Å². The fourth-order valence-corrected chi connectivity index (χ4v) is 3.97. The van der Waals surface area contributed by atoms with Crippen LogP contribution in [0.5, 0.6) is 0 Å². The Labute approximate surface area is 205 Å². The van der Waals surface area contributed by atoms with Crippen molar-refractivity contribution in [1.82, 2.24) is 25.0 Å². The first-order valence-corrected chi connectivity index (χ1v) is 11.4. The maximum atomic E-state index is 12.9. The number of nitrogens with zero attached hydrogens (tertiary/aromatic N) is 5. The van der Waals surface area contributed by atoms with Crippen molar-refractivity contribution in [3.63, 3.8) is 0 Å². The predicted molar refractivity (Wildman–Crippen MR) is 134 cm³/mol. The summed E-state index contributed by atoms with van der Waals surface area (Å²) in [7, 11) is 0. The van der Waals surface area contributed by atoms with E-state index in [0.29, 0.717) is 51.7 Å². The Kier molecular flexibility index (Phi) is 7.09. The summed E-state index contributed by atoms with van der Waals surface area (Å²) in [5.41, 5.74) is 4.63. The number of hydrogen-bond donors (Lipinski definition) is 1. The van der Waals surface area contributed by atoms with Gasteiger partial charge in [0.25, 0.3) is 11.5 Å². The molecule has 0 unspecified atom stereocenters. The van der Waals surface area contributed by atoms with Crippen LogP contribution in [0.2, 0.25) is 10.2 Å². The first-order chi connectivity index (χ1) is 16.4. The smallest absolute Gasteiger partial charge is 0.267 e. The molecule has 4 aromatic rings. The molecule has 8 nitrogen and oxygen atoms in total. The van der Waals surface area contributed by atoms with E-state index in [2.05, 4.69) is 20.7 Å². The zero-order chi connectivity index (χ0) is 24.2. The average molecular weight is 497 g/mol. The third-order valence-electron chi connectivity index (χ3n) is 5.23. The summed E-state index contributed by atoms with van der Waals surface area (Å²) >= 11 is 12.5. The summed E-state index contributed by atoms with van der Waals surface area (Å²) in [5.74, 6) is -0.528. The van der Waals surface area contributed by atoms with Crippen molar-refractivity contribution in [3.05, 3.63) is 91.6 Å². The van der Waals surface area contributed by atoms with Crippen LogP contribution in [0.25, 0.3) is 10.8 Å². The minimum Gasteiger partial charge on any atom is -0.267 e. The summed E-state index contributed by atoms with van der Waals surface area (Å²) in [4.78, 5) is 25.5. The van der Waals surface area contributed by atoms with Gasteiger partial charge in [0.05, 0.1) is 29.4 Å². The quantitative estimate of drug-likeness (QED) is 0.302. The first kappa shape index (κ1) is 23.7. The molecule has 0 spiro atoms. The Balaban J connectivity index is 1.56. The highest BCUT2D eigenvalue weighted by molar-refractivity contribution is 6.32. The van der Waals surface area contributed by atoms with Gasteiger partial charge in [-0.15, -0.1) is 0 Å². The minimum atomic E-state index is -0.528. The van der Waals surface area contributed by atoms with Gasteiger partial charge in [-0.2, -0.15) is 15.3 Å². The highest BCUT2D eigenvalue weighted by Gasteiger charge is 2.17. The van der Waals surface area contributed by atoms with E-state index in [0.717, 1.165) is 5.56 Å². The van der Waals surface area contributed by atoms with Gasteiger partial charge in [-0.05, 0) is 37.1 Å². The van der Waals surface area contributed by atoms with E-state index in [1.165, 1.54) is 10.9 Å². The van der Waals surface area contributed by atoms with E-state index in [1.54, 1.807) is 41.1 Å². The number of halogens is 2. The van der Waals surface area contributed by atoms with Crippen molar-refractivity contribution in [2.75, 3.05) is 0 Å². The van der Waals surface area contributed by atoms with E-state index in [9.17, 15) is 9.59 Å². The number of rotatable bonds is 7. The molecule has 2 heterocycles. The number of amides is 1. The van der Waals surface area contributed by atoms with Crippen molar-refractivity contribution in [1.29, 1.82) is 0 Å². The number of carbonyl (C=O) groups is 1. The molecule has 0 aliphatic heterocycles. The molecule has 10 heteroatoms. The van der Waals surface area contributed by atoms with Crippen LogP contribution in [0.15, 0.2) is 58.4 Å². The molecule has 0 bridgehead atoms. The molecule has 0 aliphatic carbocycles. The number of aromatic nitrogens is 4. The molecular weight excluding hydrogens is 475 g/mol. The molecular formula is C24H22Cl2N6O2. The lowest BCUT2D eigenvalue weighted by molar-refractivity contribution is 0.0949. The second-order valence-electron chi connectivity index (χ2n) is 7.70. The van der Waals surface area contributed by atoms with Crippen LogP contribution in [0.4, 0.5) is 0 Å². The normalized spacial score (nSPS) is 11.4. The van der Waals surface area contributed by atoms with E-state index >= 15 is 0 Å². The number of hydrogen-bond acceptors (Lipinski definition) is 5. The molecule has 0 saturated carbocycles. The van der Waals surface area contributed by atoms with Crippen LogP contribution in [0.1, 0.15) is 40.7 Å². The van der Waals surface area contributed by atoms with E-state index in [1.807, 2.05) is 26.0 Å². The molecule has 2 aromatic carbocycles. The lowest BCUT2D eigenvalue weighted by Gasteiger charge is -2.09. The molecule has 0 saturated heterocycles. The fourth-order valence-electron chi connectivity index (χ4n) is 3.56. The number of fused-ring (bicyclic) bond motifs is 1. The van der Waals surface area contributed by atoms with Gasteiger partial charge in [-0.25, -0.2) is 14.8 Å². The van der Waals surface area contributed by atoms with Gasteiger partial charge in [0.2, 0.25) is 0 Å². The van der Waals surface area contributed by atoms with E-state index < -0.39 is 5.91 Å². The summed E-state index contributed by atoms with van der Waals surface area (Å²) in [5, 5.41) is 14.8. The van der Waals surface area contributed by atoms with Crippen LogP contribution in [0.3, 0.4) is 0 Å². The van der Waals surface area contributed by atoms with Gasteiger partial charge in [-0.1, -0.05) is 60.5 Å². The Bertz CT molecular complexity index is 1440. The zero-order valence-corrected chi connectivity index (χ0v) is 20.1. The second-order valence-corrected chi connectivity index (χ2v) is 8.49. The number of carbonyl (C=O) groups excluding carboxylic acids is 1. The van der Waals surface area contributed by atoms with Gasteiger partial charge >= 0.3 is 0 Å². The van der Waals surface area contributed by atoms with Crippen molar-refractivity contribution in [2.45, 2.75) is 33.4 Å². The summed E-state index contributed by atoms with van der Waals surface area (Å²) in [6.45, 7) is 4.62. The predicted octanol–water partition coefficient (Wildman–Crippen LogP) is 4.43. The van der Waals surface area contributed by atoms with Crippen molar-refractivity contribution in [2.24, 2.45) is 5.10 Å². The van der Waals surface area contributed by atoms with Gasteiger partial charge in [0.1, 0.15) is 5.15 Å². The molecule has 174 valence electrons. The van der Waals surface area contributed by atoms with Crippen LogP contribution in [0, 0.1) is 6.92 Å². The first-order valence-electron chi connectivity index (χ1n) is 10.7. The summed E-state index contributed by atoms with van der Waals surface area (Å²) < 4.78 is 2.96. The highest BCUT2D eigenvalue weighted by Crippen LogP contribution is 2.20. The molecule has 0 fully saturated rings. The van der Waals surface area contributed by atoms with Crippen molar-refractivity contribution >= 4 is 46.1 Å². The topological polar surface area (TPSA) is 94.2 Å². The number of aryl methyl sites for hydroxylation is 2. The van der Waals surface area contributed by atoms with Crippen LogP contribution in [-0.4, -0.2) is 31.7 Å². The molecule has 0 aliphatic rings. The Morgan fingerprint density at radius 1 is 1.06 bits per heavy atom. The fraction of sp³-hybridized carbons (Fsp3) is 0.208. The Morgan fingerprint density at radius 3 is 2.47 bits per heavy atom. The average Bonchev–Trinajstić information content (AvgIpc) is 3.09. The van der Waals surface area contributed by atoms with Gasteiger partial charge in [-0.3, -0.25) is 9.59 Å². The van der Waals surface area contributed by atoms with Crippen molar-refractivity contribution in [3.8, 4) is 0 Å². The van der Waals surface area contributed by atoms with Crippen molar-refractivity contribution < 1.29 is 4.79 Å². The van der Waals surface area contributed by atoms with E-state index in [-0.39, 0.29) is 11.3 Å². The maximum Gasteiger partial charge on any atom is 0.292 e. The lowest BCUT2D eigenvalue weighted by Crippen LogP contribution is -2.29. The molecule has 1 N–H and O–H groups in total. The Hall–Kier alpha value is -3.49. The summed E-state index contributed by atoms with van der Waals surface area (Å²) in [6, 6.07) is 14.3. The van der Waals surface area contributed by atoms with Crippen LogP contribution >= 0.6 is 23.2 Å². The molecule has 2 aromatic heterocycles. The molecule has 0 atom stereocenters. The third kappa shape index (κ3) is 4.88. The molecule has 34 heavy (non-hydrogen) atoms. The molecule has 0 radical (unpaired) electrons. The monoisotopic (exact) mass is 496 g/mol. The highest BCUT2D eigenvalue weighted by atomic mass is 35.5. The van der Waals surface area contributed by atoms with Gasteiger partial charge in [0, 0.05) is 17.0 Å². The SMILES string of the molecule is CCCn1nc(C(=O)N/N=C/c2c(C)nn(Cc3ccc(Cl)cc3)c2Cl)c2ccccc2c1=O. The maximum absolute atomic E-state index is 12.9. The molecule has 1 amide bonds.